The Kier molecular flexibility index (Phi) is 3.65. The van der Waals surface area contributed by atoms with Crippen molar-refractivity contribution in [3.8, 4) is 16.9 Å². The number of non-ortho nitro benzene ring substituents is 1. The normalized spacial score (nSPS) is 10.1. The number of ether oxygens (including phenoxy) is 1. The molecule has 0 aliphatic heterocycles. The number of benzene rings is 2. The predicted molar refractivity (Wildman–Crippen MR) is 72.0 cm³/mol. The molecule has 2 aromatic carbocycles. The standard InChI is InChI=1S/C14H11NO5/c1-20-11-5-2-9(3-6-11)12-7-4-10(15(18)19)8-13(12)14(16)17/h2-8H,1H3,(H,16,17). The van der Waals surface area contributed by atoms with Crippen LogP contribution in [0, 0.1) is 10.1 Å². The smallest absolute Gasteiger partial charge is 0.336 e. The van der Waals surface area contributed by atoms with E-state index in [2.05, 4.69) is 0 Å². The van der Waals surface area contributed by atoms with Gasteiger partial charge >= 0.3 is 5.97 Å². The second-order valence-corrected chi connectivity index (χ2v) is 4.02. The number of methoxy groups -OCH3 is 1. The summed E-state index contributed by atoms with van der Waals surface area (Å²) in [4.78, 5) is 21.3. The van der Waals surface area contributed by atoms with Crippen molar-refractivity contribution < 1.29 is 19.6 Å². The first-order chi connectivity index (χ1) is 9.52. The van der Waals surface area contributed by atoms with Crippen LogP contribution in [0.5, 0.6) is 5.75 Å². The van der Waals surface area contributed by atoms with Gasteiger partial charge in [-0.3, -0.25) is 10.1 Å². The number of rotatable bonds is 4. The van der Waals surface area contributed by atoms with E-state index in [9.17, 15) is 20.0 Å². The molecule has 0 aromatic heterocycles. The van der Waals surface area contributed by atoms with Crippen LogP contribution in [0.2, 0.25) is 0 Å². The minimum absolute atomic E-state index is 0.107. The van der Waals surface area contributed by atoms with Crippen LogP contribution in [-0.2, 0) is 0 Å². The molecule has 0 spiro atoms. The van der Waals surface area contributed by atoms with Crippen molar-refractivity contribution in [1.29, 1.82) is 0 Å². The monoisotopic (exact) mass is 273 g/mol. The SMILES string of the molecule is COc1ccc(-c2ccc([N+](=O)[O-])cc2C(=O)O)cc1. The molecule has 0 bridgehead atoms. The lowest BCUT2D eigenvalue weighted by Gasteiger charge is -2.07. The lowest BCUT2D eigenvalue weighted by atomic mass is 9.99. The van der Waals surface area contributed by atoms with Gasteiger partial charge in [-0.15, -0.1) is 0 Å². The number of nitro benzene ring substituents is 1. The van der Waals surface area contributed by atoms with Gasteiger partial charge in [-0.1, -0.05) is 12.1 Å². The van der Waals surface area contributed by atoms with Crippen LogP contribution < -0.4 is 4.74 Å². The lowest BCUT2D eigenvalue weighted by Crippen LogP contribution is -2.01. The van der Waals surface area contributed by atoms with Gasteiger partial charge in [0.2, 0.25) is 0 Å². The number of nitro groups is 1. The molecule has 6 heteroatoms. The first kappa shape index (κ1) is 13.5. The van der Waals surface area contributed by atoms with Crippen molar-refractivity contribution in [2.75, 3.05) is 7.11 Å². The van der Waals surface area contributed by atoms with E-state index in [-0.39, 0.29) is 11.3 Å². The highest BCUT2D eigenvalue weighted by Gasteiger charge is 2.16. The first-order valence-corrected chi connectivity index (χ1v) is 5.69. The molecule has 2 rings (SSSR count). The van der Waals surface area contributed by atoms with Gasteiger partial charge in [0.15, 0.2) is 0 Å². The Hall–Kier alpha value is -2.89. The van der Waals surface area contributed by atoms with Crippen molar-refractivity contribution in [3.05, 3.63) is 58.1 Å². The third kappa shape index (κ3) is 2.59. The number of carboxylic acid groups (broad SMARTS) is 1. The third-order valence-electron chi connectivity index (χ3n) is 2.85. The number of hydrogen-bond donors (Lipinski definition) is 1. The molecule has 2 aromatic rings. The van der Waals surface area contributed by atoms with E-state index in [4.69, 9.17) is 4.74 Å². The van der Waals surface area contributed by atoms with Crippen LogP contribution in [0.3, 0.4) is 0 Å². The Morgan fingerprint density at radius 3 is 2.35 bits per heavy atom. The van der Waals surface area contributed by atoms with Crippen molar-refractivity contribution in [2.45, 2.75) is 0 Å². The zero-order valence-electron chi connectivity index (χ0n) is 10.6. The average molecular weight is 273 g/mol. The van der Waals surface area contributed by atoms with Gasteiger partial charge < -0.3 is 9.84 Å². The quantitative estimate of drug-likeness (QED) is 0.683. The highest BCUT2D eigenvalue weighted by molar-refractivity contribution is 5.96. The summed E-state index contributed by atoms with van der Waals surface area (Å²) in [5, 5.41) is 19.9. The molecule has 0 saturated heterocycles. The van der Waals surface area contributed by atoms with Crippen LogP contribution >= 0.6 is 0 Å². The second-order valence-electron chi connectivity index (χ2n) is 4.02. The maximum atomic E-state index is 11.2. The molecule has 6 nitrogen and oxygen atoms in total. The molecule has 0 radical (unpaired) electrons. The summed E-state index contributed by atoms with van der Waals surface area (Å²) in [5.41, 5.74) is 0.716. The number of hydrogen-bond acceptors (Lipinski definition) is 4. The van der Waals surface area contributed by atoms with Gasteiger partial charge in [0.05, 0.1) is 17.6 Å². The number of nitrogens with zero attached hydrogens (tertiary/aromatic N) is 1. The van der Waals surface area contributed by atoms with E-state index in [1.54, 1.807) is 24.3 Å². The van der Waals surface area contributed by atoms with Crippen molar-refractivity contribution in [2.24, 2.45) is 0 Å². The van der Waals surface area contributed by atoms with Crippen LogP contribution in [-0.4, -0.2) is 23.1 Å². The van der Waals surface area contributed by atoms with E-state index in [1.165, 1.54) is 19.2 Å². The molecule has 1 N–H and O–H groups in total. The second kappa shape index (κ2) is 5.40. The Balaban J connectivity index is 2.54. The fourth-order valence-electron chi connectivity index (χ4n) is 1.85. The van der Waals surface area contributed by atoms with Crippen LogP contribution in [0.15, 0.2) is 42.5 Å². The molecule has 0 amide bonds. The molecule has 0 unspecified atom stereocenters. The largest absolute Gasteiger partial charge is 0.497 e. The predicted octanol–water partition coefficient (Wildman–Crippen LogP) is 2.97. The molecule has 102 valence electrons. The van der Waals surface area contributed by atoms with E-state index in [1.807, 2.05) is 0 Å². The highest BCUT2D eigenvalue weighted by atomic mass is 16.6. The summed E-state index contributed by atoms with van der Waals surface area (Å²) in [7, 11) is 1.53. The van der Waals surface area contributed by atoms with Crippen molar-refractivity contribution >= 4 is 11.7 Å². The van der Waals surface area contributed by atoms with Crippen LogP contribution in [0.4, 0.5) is 5.69 Å². The third-order valence-corrected chi connectivity index (χ3v) is 2.85. The Morgan fingerprint density at radius 1 is 1.20 bits per heavy atom. The van der Waals surface area contributed by atoms with E-state index in [0.29, 0.717) is 16.9 Å². The Bertz CT molecular complexity index is 664. The van der Waals surface area contributed by atoms with E-state index >= 15 is 0 Å². The van der Waals surface area contributed by atoms with Gasteiger partial charge in [0.1, 0.15) is 5.75 Å². The van der Waals surface area contributed by atoms with E-state index in [0.717, 1.165) is 6.07 Å². The molecule has 0 aliphatic rings. The maximum Gasteiger partial charge on any atom is 0.336 e. The fourth-order valence-corrected chi connectivity index (χ4v) is 1.85. The highest BCUT2D eigenvalue weighted by Crippen LogP contribution is 2.28. The maximum absolute atomic E-state index is 11.2. The Labute approximate surface area is 114 Å². The molecule has 20 heavy (non-hydrogen) atoms. The zero-order valence-corrected chi connectivity index (χ0v) is 10.6. The molecule has 0 fully saturated rings. The molecule has 0 atom stereocenters. The summed E-state index contributed by atoms with van der Waals surface area (Å²) in [5.74, 6) is -0.563. The van der Waals surface area contributed by atoms with Crippen molar-refractivity contribution in [1.82, 2.24) is 0 Å². The molecule has 0 aliphatic carbocycles. The number of carbonyl (C=O) groups is 1. The average Bonchev–Trinajstić information content (AvgIpc) is 2.46. The minimum Gasteiger partial charge on any atom is -0.497 e. The van der Waals surface area contributed by atoms with Gasteiger partial charge in [-0.25, -0.2) is 4.79 Å². The zero-order chi connectivity index (χ0) is 14.7. The number of aromatic carboxylic acids is 1. The number of carboxylic acids is 1. The topological polar surface area (TPSA) is 89.7 Å². The fraction of sp³-hybridized carbons (Fsp3) is 0.0714. The summed E-state index contributed by atoms with van der Waals surface area (Å²) in [6, 6.07) is 10.6. The van der Waals surface area contributed by atoms with Gasteiger partial charge in [0.25, 0.3) is 5.69 Å². The van der Waals surface area contributed by atoms with Gasteiger partial charge in [-0.05, 0) is 29.3 Å². The summed E-state index contributed by atoms with van der Waals surface area (Å²) < 4.78 is 5.03. The summed E-state index contributed by atoms with van der Waals surface area (Å²) >= 11 is 0. The molecule has 0 saturated carbocycles. The lowest BCUT2D eigenvalue weighted by molar-refractivity contribution is -0.384. The summed E-state index contributed by atoms with van der Waals surface area (Å²) in [6.07, 6.45) is 0. The van der Waals surface area contributed by atoms with Crippen LogP contribution in [0.1, 0.15) is 10.4 Å². The minimum atomic E-state index is -1.21. The molecular formula is C14H11NO5. The van der Waals surface area contributed by atoms with E-state index < -0.39 is 10.9 Å². The van der Waals surface area contributed by atoms with Gasteiger partial charge in [-0.2, -0.15) is 0 Å². The van der Waals surface area contributed by atoms with Crippen LogP contribution in [0.25, 0.3) is 11.1 Å². The summed E-state index contributed by atoms with van der Waals surface area (Å²) in [6.45, 7) is 0. The molecular weight excluding hydrogens is 262 g/mol. The Morgan fingerprint density at radius 2 is 1.85 bits per heavy atom. The van der Waals surface area contributed by atoms with Gasteiger partial charge in [0, 0.05) is 12.1 Å². The molecule has 0 heterocycles. The first-order valence-electron chi connectivity index (χ1n) is 5.69. The van der Waals surface area contributed by atoms with Crippen molar-refractivity contribution in [3.63, 3.8) is 0 Å².